The van der Waals surface area contributed by atoms with Crippen LogP contribution in [0.3, 0.4) is 0 Å². The molecule has 5 rings (SSSR count). The molecule has 0 aliphatic carbocycles. The molecular weight excluding hydrogens is 416 g/mol. The number of ether oxygens (including phenoxy) is 1. The minimum absolute atomic E-state index is 0.0720. The summed E-state index contributed by atoms with van der Waals surface area (Å²) in [5.41, 5.74) is 5.16. The molecule has 1 aliphatic heterocycles. The Morgan fingerprint density at radius 1 is 1.12 bits per heavy atom. The molecule has 0 spiro atoms. The third-order valence-electron chi connectivity index (χ3n) is 5.96. The van der Waals surface area contributed by atoms with Gasteiger partial charge in [0.15, 0.2) is 0 Å². The number of carbonyl (C=O) groups excluding carboxylic acids is 2. The van der Waals surface area contributed by atoms with Crippen LogP contribution in [-0.4, -0.2) is 34.9 Å². The number of aryl methyl sites for hydroxylation is 1. The fourth-order valence-corrected chi connectivity index (χ4v) is 4.20. The van der Waals surface area contributed by atoms with E-state index < -0.39 is 5.92 Å². The lowest BCUT2D eigenvalue weighted by Gasteiger charge is -2.17. The Morgan fingerprint density at radius 3 is 2.79 bits per heavy atom. The number of imidazole rings is 1. The van der Waals surface area contributed by atoms with Crippen LogP contribution in [0.1, 0.15) is 12.0 Å². The second-order valence-electron chi connectivity index (χ2n) is 8.23. The second kappa shape index (κ2) is 8.43. The van der Waals surface area contributed by atoms with Crippen molar-refractivity contribution in [3.8, 4) is 17.0 Å². The standard InChI is InChI=1S/C26H24N4O3/c1-17-6-5-11-29-16-23(28-25(17)29)18-7-3-8-20(12-18)27-26(32)19-13-24(31)30(15-19)21-9-4-10-22(14-21)33-2/h3-12,14,16,19H,13,15H2,1-2H3,(H,27,32)/t19-/m0/s1. The van der Waals surface area contributed by atoms with Crippen molar-refractivity contribution in [3.05, 3.63) is 78.6 Å². The third-order valence-corrected chi connectivity index (χ3v) is 5.96. The highest BCUT2D eigenvalue weighted by molar-refractivity contribution is 6.03. The van der Waals surface area contributed by atoms with Crippen molar-refractivity contribution in [1.82, 2.24) is 9.38 Å². The third kappa shape index (κ3) is 4.05. The average Bonchev–Trinajstić information content (AvgIpc) is 3.44. The van der Waals surface area contributed by atoms with Gasteiger partial charge in [-0.05, 0) is 42.8 Å². The number of amides is 2. The molecule has 0 bridgehead atoms. The zero-order chi connectivity index (χ0) is 22.9. The average molecular weight is 441 g/mol. The molecule has 0 saturated carbocycles. The van der Waals surface area contributed by atoms with Crippen LogP contribution in [0.4, 0.5) is 11.4 Å². The Bertz CT molecular complexity index is 1360. The first-order valence-corrected chi connectivity index (χ1v) is 10.8. The number of hydrogen-bond donors (Lipinski definition) is 1. The van der Waals surface area contributed by atoms with Crippen molar-refractivity contribution in [2.75, 3.05) is 23.9 Å². The lowest BCUT2D eigenvalue weighted by molar-refractivity contribution is -0.122. The number of pyridine rings is 1. The van der Waals surface area contributed by atoms with E-state index in [-0.39, 0.29) is 18.2 Å². The van der Waals surface area contributed by atoms with E-state index in [1.165, 1.54) is 0 Å². The Labute approximate surface area is 191 Å². The molecule has 7 heteroatoms. The van der Waals surface area contributed by atoms with E-state index in [1.54, 1.807) is 18.1 Å². The summed E-state index contributed by atoms with van der Waals surface area (Å²) in [7, 11) is 1.59. The number of nitrogens with one attached hydrogen (secondary N) is 1. The molecular formula is C26H24N4O3. The predicted octanol–water partition coefficient (Wildman–Crippen LogP) is 4.31. The molecule has 2 aromatic carbocycles. The molecule has 1 N–H and O–H groups in total. The monoisotopic (exact) mass is 440 g/mol. The largest absolute Gasteiger partial charge is 0.497 e. The van der Waals surface area contributed by atoms with Crippen molar-refractivity contribution in [2.24, 2.45) is 5.92 Å². The summed E-state index contributed by atoms with van der Waals surface area (Å²) in [5, 5.41) is 2.98. The molecule has 2 aromatic heterocycles. The number of methoxy groups -OCH3 is 1. The number of hydrogen-bond acceptors (Lipinski definition) is 4. The molecule has 1 fully saturated rings. The quantitative estimate of drug-likeness (QED) is 0.502. The van der Waals surface area contributed by atoms with Crippen molar-refractivity contribution < 1.29 is 14.3 Å². The van der Waals surface area contributed by atoms with Crippen LogP contribution in [0, 0.1) is 12.8 Å². The highest BCUT2D eigenvalue weighted by Gasteiger charge is 2.35. The molecule has 7 nitrogen and oxygen atoms in total. The van der Waals surface area contributed by atoms with Crippen LogP contribution >= 0.6 is 0 Å². The van der Waals surface area contributed by atoms with Gasteiger partial charge < -0.3 is 19.4 Å². The number of benzene rings is 2. The van der Waals surface area contributed by atoms with E-state index in [4.69, 9.17) is 9.72 Å². The van der Waals surface area contributed by atoms with E-state index in [0.717, 1.165) is 28.2 Å². The highest BCUT2D eigenvalue weighted by Crippen LogP contribution is 2.29. The lowest BCUT2D eigenvalue weighted by atomic mass is 10.1. The van der Waals surface area contributed by atoms with Crippen LogP contribution in [0.2, 0.25) is 0 Å². The summed E-state index contributed by atoms with van der Waals surface area (Å²) in [4.78, 5) is 31.9. The van der Waals surface area contributed by atoms with Crippen LogP contribution in [0.15, 0.2) is 73.1 Å². The maximum absolute atomic E-state index is 13.0. The van der Waals surface area contributed by atoms with Crippen molar-refractivity contribution >= 4 is 28.8 Å². The molecule has 2 amide bonds. The maximum atomic E-state index is 13.0. The first-order chi connectivity index (χ1) is 16.0. The van der Waals surface area contributed by atoms with Crippen molar-refractivity contribution in [3.63, 3.8) is 0 Å². The Morgan fingerprint density at radius 2 is 1.97 bits per heavy atom. The summed E-state index contributed by atoms with van der Waals surface area (Å²) >= 11 is 0. The van der Waals surface area contributed by atoms with Gasteiger partial charge in [-0.15, -0.1) is 0 Å². The minimum Gasteiger partial charge on any atom is -0.497 e. The van der Waals surface area contributed by atoms with E-state index in [1.807, 2.05) is 78.3 Å². The van der Waals surface area contributed by atoms with Gasteiger partial charge in [0.25, 0.3) is 0 Å². The molecule has 1 atom stereocenters. The van der Waals surface area contributed by atoms with Crippen molar-refractivity contribution in [2.45, 2.75) is 13.3 Å². The molecule has 3 heterocycles. The molecule has 4 aromatic rings. The van der Waals surface area contributed by atoms with Gasteiger partial charge in [-0.25, -0.2) is 4.98 Å². The second-order valence-corrected chi connectivity index (χ2v) is 8.23. The van der Waals surface area contributed by atoms with Crippen LogP contribution < -0.4 is 15.0 Å². The number of fused-ring (bicyclic) bond motifs is 1. The van der Waals surface area contributed by atoms with Gasteiger partial charge in [-0.2, -0.15) is 0 Å². The Balaban J connectivity index is 1.32. The molecule has 0 unspecified atom stereocenters. The maximum Gasteiger partial charge on any atom is 0.229 e. The summed E-state index contributed by atoms with van der Waals surface area (Å²) in [6.45, 7) is 2.36. The van der Waals surface area contributed by atoms with Gasteiger partial charge in [0.05, 0.1) is 18.7 Å². The minimum atomic E-state index is -0.426. The van der Waals surface area contributed by atoms with Crippen LogP contribution in [0.5, 0.6) is 5.75 Å². The molecule has 166 valence electrons. The topological polar surface area (TPSA) is 75.9 Å². The normalized spacial score (nSPS) is 15.8. The first-order valence-electron chi connectivity index (χ1n) is 10.8. The van der Waals surface area contributed by atoms with Crippen LogP contribution in [-0.2, 0) is 9.59 Å². The number of anilines is 2. The molecule has 33 heavy (non-hydrogen) atoms. The lowest BCUT2D eigenvalue weighted by Crippen LogP contribution is -2.28. The fourth-order valence-electron chi connectivity index (χ4n) is 4.20. The van der Waals surface area contributed by atoms with Gasteiger partial charge >= 0.3 is 0 Å². The zero-order valence-electron chi connectivity index (χ0n) is 18.5. The van der Waals surface area contributed by atoms with E-state index in [0.29, 0.717) is 18.0 Å². The number of aromatic nitrogens is 2. The van der Waals surface area contributed by atoms with Crippen molar-refractivity contribution in [1.29, 1.82) is 0 Å². The van der Waals surface area contributed by atoms with Gasteiger partial charge in [-0.3, -0.25) is 9.59 Å². The molecule has 1 aliphatic rings. The van der Waals surface area contributed by atoms with Gasteiger partial charge in [-0.1, -0.05) is 24.3 Å². The summed E-state index contributed by atoms with van der Waals surface area (Å²) < 4.78 is 7.25. The Kier molecular flexibility index (Phi) is 5.30. The fraction of sp³-hybridized carbons (Fsp3) is 0.192. The van der Waals surface area contributed by atoms with E-state index >= 15 is 0 Å². The first kappa shape index (κ1) is 20.8. The number of nitrogens with zero attached hydrogens (tertiary/aromatic N) is 3. The number of carbonyl (C=O) groups is 2. The smallest absolute Gasteiger partial charge is 0.229 e. The zero-order valence-corrected chi connectivity index (χ0v) is 18.5. The predicted molar refractivity (Wildman–Crippen MR) is 127 cm³/mol. The van der Waals surface area contributed by atoms with Gasteiger partial charge in [0.2, 0.25) is 11.8 Å². The van der Waals surface area contributed by atoms with Crippen LogP contribution in [0.25, 0.3) is 16.9 Å². The SMILES string of the molecule is COc1cccc(N2C[C@@H](C(=O)Nc3cccc(-c4cn5cccc(C)c5n4)c3)CC2=O)c1. The highest BCUT2D eigenvalue weighted by atomic mass is 16.5. The van der Waals surface area contributed by atoms with E-state index in [9.17, 15) is 9.59 Å². The van der Waals surface area contributed by atoms with Gasteiger partial charge in [0.1, 0.15) is 11.4 Å². The Hall–Kier alpha value is -4.13. The molecule has 1 saturated heterocycles. The molecule has 0 radical (unpaired) electrons. The number of rotatable bonds is 5. The summed E-state index contributed by atoms with van der Waals surface area (Å²) in [5.74, 6) is 0.00585. The summed E-state index contributed by atoms with van der Waals surface area (Å²) in [6.07, 6.45) is 4.12. The van der Waals surface area contributed by atoms with E-state index in [2.05, 4.69) is 5.32 Å². The van der Waals surface area contributed by atoms with Gasteiger partial charge in [0, 0.05) is 48.4 Å². The summed E-state index contributed by atoms with van der Waals surface area (Å²) in [6, 6.07) is 18.9.